The van der Waals surface area contributed by atoms with Crippen molar-refractivity contribution in [2.45, 2.75) is 33.2 Å². The fourth-order valence-corrected chi connectivity index (χ4v) is 4.28. The average Bonchev–Trinajstić information content (AvgIpc) is 2.57. The van der Waals surface area contributed by atoms with Crippen LogP contribution >= 0.6 is 0 Å². The molecule has 0 saturated heterocycles. The average molecular weight is 405 g/mol. The summed E-state index contributed by atoms with van der Waals surface area (Å²) in [6.07, 6.45) is 1.16. The number of hydrogen-bond donors (Lipinski definition) is 1. The summed E-state index contributed by atoms with van der Waals surface area (Å²) in [5, 5.41) is 13.8. The van der Waals surface area contributed by atoms with Crippen molar-refractivity contribution in [2.24, 2.45) is 0 Å². The molecule has 8 nitrogen and oxygen atoms in total. The first-order valence-corrected chi connectivity index (χ1v) is 10.5. The Hall–Kier alpha value is -2.94. The van der Waals surface area contributed by atoms with E-state index in [0.29, 0.717) is 5.69 Å². The molecular weight excluding hydrogens is 382 g/mol. The molecule has 1 unspecified atom stereocenters. The highest BCUT2D eigenvalue weighted by Crippen LogP contribution is 2.27. The maximum absolute atomic E-state index is 12.9. The van der Waals surface area contributed by atoms with Crippen molar-refractivity contribution in [3.8, 4) is 0 Å². The largest absolute Gasteiger partial charge is 0.324 e. The highest BCUT2D eigenvalue weighted by Gasteiger charge is 2.32. The van der Waals surface area contributed by atoms with E-state index in [1.807, 2.05) is 19.9 Å². The molecule has 2 rings (SSSR count). The number of sulfonamides is 1. The lowest BCUT2D eigenvalue weighted by atomic mass is 10.1. The number of carbonyl (C=O) groups is 1. The molecule has 9 heteroatoms. The van der Waals surface area contributed by atoms with Gasteiger partial charge in [0.25, 0.3) is 5.69 Å². The van der Waals surface area contributed by atoms with E-state index in [-0.39, 0.29) is 17.8 Å². The van der Waals surface area contributed by atoms with E-state index < -0.39 is 26.9 Å². The zero-order valence-electron chi connectivity index (χ0n) is 16.2. The predicted molar refractivity (Wildman–Crippen MR) is 109 cm³/mol. The molecule has 0 bridgehead atoms. The van der Waals surface area contributed by atoms with Crippen LogP contribution in [0.4, 0.5) is 17.1 Å². The van der Waals surface area contributed by atoms with Crippen LogP contribution in [0.2, 0.25) is 0 Å². The topological polar surface area (TPSA) is 110 Å². The summed E-state index contributed by atoms with van der Waals surface area (Å²) in [6.45, 7) is 5.47. The van der Waals surface area contributed by atoms with Gasteiger partial charge in [-0.1, -0.05) is 19.1 Å². The minimum Gasteiger partial charge on any atom is -0.324 e. The lowest BCUT2D eigenvalue weighted by molar-refractivity contribution is -0.384. The third-order valence-corrected chi connectivity index (χ3v) is 5.29. The number of nitrogens with one attached hydrogen (secondary N) is 1. The van der Waals surface area contributed by atoms with Gasteiger partial charge in [-0.25, -0.2) is 8.42 Å². The Morgan fingerprint density at radius 1 is 1.18 bits per heavy atom. The summed E-state index contributed by atoms with van der Waals surface area (Å²) in [5.41, 5.74) is 2.30. The van der Waals surface area contributed by atoms with Crippen LogP contribution in [0, 0.1) is 24.0 Å². The molecule has 1 atom stereocenters. The lowest BCUT2D eigenvalue weighted by Gasteiger charge is -2.30. The van der Waals surface area contributed by atoms with Crippen molar-refractivity contribution < 1.29 is 18.1 Å². The Bertz CT molecular complexity index is 984. The SMILES string of the molecule is CCC(C(=O)Nc1cc(C)cc(C)c1)N(c1cccc([N+](=O)[O-])c1)S(C)(=O)=O. The van der Waals surface area contributed by atoms with E-state index >= 15 is 0 Å². The van der Waals surface area contributed by atoms with Crippen LogP contribution in [0.1, 0.15) is 24.5 Å². The second-order valence-corrected chi connectivity index (χ2v) is 8.48. The van der Waals surface area contributed by atoms with Crippen LogP contribution in [-0.2, 0) is 14.8 Å². The highest BCUT2D eigenvalue weighted by atomic mass is 32.2. The Balaban J connectivity index is 2.44. The molecule has 0 heterocycles. The van der Waals surface area contributed by atoms with Gasteiger partial charge in [-0.05, 0) is 49.6 Å². The number of aryl methyl sites for hydroxylation is 2. The first-order chi connectivity index (χ1) is 13.0. The van der Waals surface area contributed by atoms with Crippen LogP contribution in [0.3, 0.4) is 0 Å². The maximum Gasteiger partial charge on any atom is 0.271 e. The highest BCUT2D eigenvalue weighted by molar-refractivity contribution is 7.92. The minimum atomic E-state index is -3.88. The van der Waals surface area contributed by atoms with E-state index in [2.05, 4.69) is 5.32 Å². The van der Waals surface area contributed by atoms with Gasteiger partial charge in [0.1, 0.15) is 6.04 Å². The number of anilines is 2. The van der Waals surface area contributed by atoms with E-state index in [1.54, 1.807) is 19.1 Å². The number of benzene rings is 2. The van der Waals surface area contributed by atoms with E-state index in [9.17, 15) is 23.3 Å². The Morgan fingerprint density at radius 2 is 1.79 bits per heavy atom. The quantitative estimate of drug-likeness (QED) is 0.561. The molecule has 2 aromatic carbocycles. The number of carbonyl (C=O) groups excluding carboxylic acids is 1. The monoisotopic (exact) mass is 405 g/mol. The van der Waals surface area contributed by atoms with Gasteiger partial charge in [-0.15, -0.1) is 0 Å². The van der Waals surface area contributed by atoms with Gasteiger partial charge in [0.2, 0.25) is 15.9 Å². The van der Waals surface area contributed by atoms with Crippen molar-refractivity contribution in [3.63, 3.8) is 0 Å². The molecule has 0 radical (unpaired) electrons. The van der Waals surface area contributed by atoms with Crippen LogP contribution < -0.4 is 9.62 Å². The van der Waals surface area contributed by atoms with Crippen LogP contribution in [0.5, 0.6) is 0 Å². The molecule has 1 amide bonds. The predicted octanol–water partition coefficient (Wildman–Crippen LogP) is 3.39. The Labute approximate surface area is 164 Å². The second-order valence-electron chi connectivity index (χ2n) is 6.63. The van der Waals surface area contributed by atoms with Crippen LogP contribution in [-0.4, -0.2) is 31.5 Å². The molecule has 1 N–H and O–H groups in total. The van der Waals surface area contributed by atoms with Crippen molar-refractivity contribution in [1.29, 1.82) is 0 Å². The van der Waals surface area contributed by atoms with Gasteiger partial charge in [0.15, 0.2) is 0 Å². The summed E-state index contributed by atoms with van der Waals surface area (Å²) >= 11 is 0. The molecule has 150 valence electrons. The van der Waals surface area contributed by atoms with Gasteiger partial charge in [-0.2, -0.15) is 0 Å². The van der Waals surface area contributed by atoms with Crippen molar-refractivity contribution >= 4 is 33.0 Å². The first kappa shape index (κ1) is 21.4. The van der Waals surface area contributed by atoms with Gasteiger partial charge < -0.3 is 5.32 Å². The van der Waals surface area contributed by atoms with Crippen molar-refractivity contribution in [3.05, 3.63) is 63.7 Å². The van der Waals surface area contributed by atoms with Gasteiger partial charge in [0, 0.05) is 17.8 Å². The molecule has 0 spiro atoms. The summed E-state index contributed by atoms with van der Waals surface area (Å²) < 4.78 is 25.8. The standard InChI is InChI=1S/C19H23N3O5S/c1-5-18(19(23)20-15-10-13(2)9-14(3)11-15)21(28(4,26)27)16-7-6-8-17(12-16)22(24)25/h6-12,18H,5H2,1-4H3,(H,20,23). The number of nitrogens with zero attached hydrogens (tertiary/aromatic N) is 2. The normalized spacial score (nSPS) is 12.3. The summed E-state index contributed by atoms with van der Waals surface area (Å²) in [5.74, 6) is -0.510. The molecular formula is C19H23N3O5S. The zero-order valence-corrected chi connectivity index (χ0v) is 17.0. The molecule has 0 saturated carbocycles. The van der Waals surface area contributed by atoms with Crippen molar-refractivity contribution in [1.82, 2.24) is 0 Å². The number of non-ortho nitro benzene ring substituents is 1. The molecule has 0 fully saturated rings. The van der Waals surface area contributed by atoms with Gasteiger partial charge in [0.05, 0.1) is 16.9 Å². The van der Waals surface area contributed by atoms with Crippen molar-refractivity contribution in [2.75, 3.05) is 15.9 Å². The van der Waals surface area contributed by atoms with Gasteiger partial charge in [-0.3, -0.25) is 19.2 Å². The second kappa shape index (κ2) is 8.39. The third kappa shape index (κ3) is 5.07. The summed E-state index contributed by atoms with van der Waals surface area (Å²) in [4.78, 5) is 23.3. The van der Waals surface area contributed by atoms with E-state index in [4.69, 9.17) is 0 Å². The number of nitro benzene ring substituents is 1. The van der Waals surface area contributed by atoms with Crippen LogP contribution in [0.25, 0.3) is 0 Å². The lowest BCUT2D eigenvalue weighted by Crippen LogP contribution is -2.47. The van der Waals surface area contributed by atoms with Crippen LogP contribution in [0.15, 0.2) is 42.5 Å². The number of rotatable bonds is 7. The minimum absolute atomic E-state index is 0.0686. The molecule has 28 heavy (non-hydrogen) atoms. The molecule has 0 aliphatic carbocycles. The summed E-state index contributed by atoms with van der Waals surface area (Å²) in [6, 6.07) is 9.71. The zero-order chi connectivity index (χ0) is 21.1. The van der Waals surface area contributed by atoms with E-state index in [1.165, 1.54) is 18.2 Å². The maximum atomic E-state index is 12.9. The Morgan fingerprint density at radius 3 is 2.29 bits per heavy atom. The number of hydrogen-bond acceptors (Lipinski definition) is 5. The number of nitro groups is 1. The molecule has 0 aliphatic rings. The first-order valence-electron chi connectivity index (χ1n) is 8.66. The van der Waals surface area contributed by atoms with E-state index in [0.717, 1.165) is 27.8 Å². The molecule has 2 aromatic rings. The smallest absolute Gasteiger partial charge is 0.271 e. The molecule has 0 aliphatic heterocycles. The fraction of sp³-hybridized carbons (Fsp3) is 0.316. The Kier molecular flexibility index (Phi) is 6.40. The number of amides is 1. The third-order valence-electron chi connectivity index (χ3n) is 4.11. The summed E-state index contributed by atoms with van der Waals surface area (Å²) in [7, 11) is -3.88. The molecule has 0 aromatic heterocycles. The fourth-order valence-electron chi connectivity index (χ4n) is 3.08. The van der Waals surface area contributed by atoms with Gasteiger partial charge >= 0.3 is 0 Å².